The number of hydrogen-bond donors (Lipinski definition) is 0. The smallest absolute Gasteiger partial charge is 0.337 e. The van der Waals surface area contributed by atoms with Crippen molar-refractivity contribution in [3.63, 3.8) is 0 Å². The van der Waals surface area contributed by atoms with Crippen LogP contribution in [0.5, 0.6) is 5.75 Å². The van der Waals surface area contributed by atoms with E-state index in [0.29, 0.717) is 12.2 Å². The van der Waals surface area contributed by atoms with Gasteiger partial charge in [0.2, 0.25) is 0 Å². The largest absolute Gasteiger partial charge is 0.489 e. The maximum atomic E-state index is 11.4. The van der Waals surface area contributed by atoms with Gasteiger partial charge in [-0.3, -0.25) is 0 Å². The first-order chi connectivity index (χ1) is 8.79. The number of benzene rings is 2. The van der Waals surface area contributed by atoms with Gasteiger partial charge in [0.05, 0.1) is 12.7 Å². The lowest BCUT2D eigenvalue weighted by molar-refractivity contribution is 0.0600. The van der Waals surface area contributed by atoms with E-state index in [2.05, 4.69) is 4.74 Å². The first-order valence-electron chi connectivity index (χ1n) is 5.64. The molecule has 0 atom stereocenters. The van der Waals surface area contributed by atoms with E-state index in [1.165, 1.54) is 7.11 Å². The fourth-order valence-corrected chi connectivity index (χ4v) is 1.59. The van der Waals surface area contributed by atoms with Crippen LogP contribution in [0.3, 0.4) is 0 Å². The third-order valence-corrected chi connectivity index (χ3v) is 2.50. The Kier molecular flexibility index (Phi) is 3.97. The van der Waals surface area contributed by atoms with Gasteiger partial charge < -0.3 is 9.47 Å². The highest BCUT2D eigenvalue weighted by atomic mass is 16.5. The lowest BCUT2D eigenvalue weighted by atomic mass is 10.1. The van der Waals surface area contributed by atoms with Crippen molar-refractivity contribution >= 4 is 5.97 Å². The zero-order valence-corrected chi connectivity index (χ0v) is 10.1. The highest BCUT2D eigenvalue weighted by Crippen LogP contribution is 2.13. The first-order valence-corrected chi connectivity index (χ1v) is 5.64. The molecule has 0 aromatic heterocycles. The zero-order chi connectivity index (χ0) is 12.8. The number of hydrogen-bond acceptors (Lipinski definition) is 3. The first kappa shape index (κ1) is 12.2. The normalized spacial score (nSPS) is 9.83. The number of esters is 1. The summed E-state index contributed by atoms with van der Waals surface area (Å²) < 4.78 is 10.3. The third kappa shape index (κ3) is 3.10. The van der Waals surface area contributed by atoms with Gasteiger partial charge in [-0.15, -0.1) is 0 Å². The fraction of sp³-hybridized carbons (Fsp3) is 0.133. The van der Waals surface area contributed by atoms with E-state index < -0.39 is 0 Å². The van der Waals surface area contributed by atoms with Crippen molar-refractivity contribution in [1.29, 1.82) is 0 Å². The summed E-state index contributed by atoms with van der Waals surface area (Å²) in [5, 5.41) is 0. The highest BCUT2D eigenvalue weighted by molar-refractivity contribution is 5.89. The van der Waals surface area contributed by atoms with Gasteiger partial charge in [0.15, 0.2) is 0 Å². The lowest BCUT2D eigenvalue weighted by Gasteiger charge is -2.07. The molecule has 0 aliphatic heterocycles. The molecule has 0 saturated carbocycles. The molecule has 0 spiro atoms. The van der Waals surface area contributed by atoms with Gasteiger partial charge in [0.1, 0.15) is 12.4 Å². The van der Waals surface area contributed by atoms with E-state index in [0.717, 1.165) is 11.3 Å². The van der Waals surface area contributed by atoms with Crippen molar-refractivity contribution in [1.82, 2.24) is 0 Å². The second-order valence-corrected chi connectivity index (χ2v) is 3.79. The van der Waals surface area contributed by atoms with Crippen LogP contribution in [0.2, 0.25) is 0 Å². The molecule has 2 rings (SSSR count). The molecule has 0 aliphatic carbocycles. The van der Waals surface area contributed by atoms with Crippen LogP contribution in [-0.4, -0.2) is 13.1 Å². The molecule has 0 heterocycles. The van der Waals surface area contributed by atoms with E-state index in [-0.39, 0.29) is 5.97 Å². The summed E-state index contributed by atoms with van der Waals surface area (Å²) in [7, 11) is 1.37. The molecule has 18 heavy (non-hydrogen) atoms. The molecule has 0 radical (unpaired) electrons. The number of rotatable bonds is 4. The predicted molar refractivity (Wildman–Crippen MR) is 68.6 cm³/mol. The number of ether oxygens (including phenoxy) is 2. The van der Waals surface area contributed by atoms with Gasteiger partial charge in [0, 0.05) is 0 Å². The van der Waals surface area contributed by atoms with Crippen molar-refractivity contribution in [3.8, 4) is 5.75 Å². The molecule has 0 N–H and O–H groups in total. The van der Waals surface area contributed by atoms with Gasteiger partial charge in [0.25, 0.3) is 0 Å². The topological polar surface area (TPSA) is 35.5 Å². The molecular formula is C15H14O3. The van der Waals surface area contributed by atoms with Crippen LogP contribution in [0.1, 0.15) is 15.9 Å². The predicted octanol–water partition coefficient (Wildman–Crippen LogP) is 3.05. The maximum Gasteiger partial charge on any atom is 0.337 e. The van der Waals surface area contributed by atoms with Gasteiger partial charge in [-0.2, -0.15) is 0 Å². The maximum absolute atomic E-state index is 11.4. The second-order valence-electron chi connectivity index (χ2n) is 3.79. The second kappa shape index (κ2) is 5.87. The molecule has 0 saturated heterocycles. The Morgan fingerprint density at radius 2 is 1.83 bits per heavy atom. The standard InChI is InChI=1S/C15H14O3/c1-17-15(16)13-7-5-6-12(10-13)11-18-14-8-3-2-4-9-14/h2-10H,11H2,1H3. The van der Waals surface area contributed by atoms with Crippen LogP contribution in [0, 0.1) is 0 Å². The minimum atomic E-state index is -0.337. The third-order valence-electron chi connectivity index (χ3n) is 2.50. The molecule has 0 bridgehead atoms. The monoisotopic (exact) mass is 242 g/mol. The number of carbonyl (C=O) groups excluding carboxylic acids is 1. The van der Waals surface area contributed by atoms with E-state index in [4.69, 9.17) is 4.74 Å². The number of methoxy groups -OCH3 is 1. The molecule has 92 valence electrons. The summed E-state index contributed by atoms with van der Waals surface area (Å²) in [4.78, 5) is 11.4. The van der Waals surface area contributed by atoms with Crippen LogP contribution in [-0.2, 0) is 11.3 Å². The molecule has 2 aromatic carbocycles. The van der Waals surface area contributed by atoms with Crippen LogP contribution < -0.4 is 4.74 Å². The van der Waals surface area contributed by atoms with Crippen molar-refractivity contribution in [2.24, 2.45) is 0 Å². The number of para-hydroxylation sites is 1. The fourth-order valence-electron chi connectivity index (χ4n) is 1.59. The summed E-state index contributed by atoms with van der Waals surface area (Å²) in [5.41, 5.74) is 1.47. The average molecular weight is 242 g/mol. The SMILES string of the molecule is COC(=O)c1cccc(COc2ccccc2)c1. The van der Waals surface area contributed by atoms with Crippen molar-refractivity contribution < 1.29 is 14.3 Å². The van der Waals surface area contributed by atoms with Gasteiger partial charge in [-0.25, -0.2) is 4.79 Å². The molecule has 3 nitrogen and oxygen atoms in total. The van der Waals surface area contributed by atoms with Gasteiger partial charge in [-0.05, 0) is 29.8 Å². The van der Waals surface area contributed by atoms with E-state index in [1.54, 1.807) is 12.1 Å². The minimum Gasteiger partial charge on any atom is -0.489 e. The number of carbonyl (C=O) groups is 1. The Balaban J connectivity index is 2.04. The Bertz CT molecular complexity index is 520. The molecular weight excluding hydrogens is 228 g/mol. The molecule has 0 aliphatic rings. The van der Waals surface area contributed by atoms with Crippen LogP contribution >= 0.6 is 0 Å². The Labute approximate surface area is 106 Å². The Hall–Kier alpha value is -2.29. The molecule has 2 aromatic rings. The van der Waals surface area contributed by atoms with Gasteiger partial charge >= 0.3 is 5.97 Å². The average Bonchev–Trinajstić information content (AvgIpc) is 2.45. The molecule has 0 unspecified atom stereocenters. The van der Waals surface area contributed by atoms with E-state index in [1.807, 2.05) is 42.5 Å². The van der Waals surface area contributed by atoms with E-state index >= 15 is 0 Å². The van der Waals surface area contributed by atoms with Crippen molar-refractivity contribution in [3.05, 3.63) is 65.7 Å². The highest BCUT2D eigenvalue weighted by Gasteiger charge is 2.05. The summed E-state index contributed by atoms with van der Waals surface area (Å²) in [5.74, 6) is 0.470. The quantitative estimate of drug-likeness (QED) is 0.773. The zero-order valence-electron chi connectivity index (χ0n) is 10.1. The van der Waals surface area contributed by atoms with E-state index in [9.17, 15) is 4.79 Å². The molecule has 0 fully saturated rings. The van der Waals surface area contributed by atoms with Gasteiger partial charge in [-0.1, -0.05) is 30.3 Å². The lowest BCUT2D eigenvalue weighted by Crippen LogP contribution is -2.03. The summed E-state index contributed by atoms with van der Waals surface area (Å²) in [6.45, 7) is 0.425. The molecule has 3 heteroatoms. The van der Waals surface area contributed by atoms with Crippen molar-refractivity contribution in [2.75, 3.05) is 7.11 Å². The Morgan fingerprint density at radius 1 is 1.06 bits per heavy atom. The van der Waals surface area contributed by atoms with Crippen LogP contribution in [0.25, 0.3) is 0 Å². The van der Waals surface area contributed by atoms with Crippen molar-refractivity contribution in [2.45, 2.75) is 6.61 Å². The van der Waals surface area contributed by atoms with Crippen LogP contribution in [0.4, 0.5) is 0 Å². The summed E-state index contributed by atoms with van der Waals surface area (Å²) >= 11 is 0. The summed E-state index contributed by atoms with van der Waals surface area (Å²) in [6.07, 6.45) is 0. The van der Waals surface area contributed by atoms with Crippen LogP contribution in [0.15, 0.2) is 54.6 Å². The Morgan fingerprint density at radius 3 is 2.56 bits per heavy atom. The minimum absolute atomic E-state index is 0.337. The molecule has 0 amide bonds. The summed E-state index contributed by atoms with van der Waals surface area (Å²) in [6, 6.07) is 16.8.